The molecule has 1 fully saturated rings. The lowest BCUT2D eigenvalue weighted by Crippen LogP contribution is -2.46. The van der Waals surface area contributed by atoms with Gasteiger partial charge in [0.2, 0.25) is 0 Å². The number of carbonyl (C=O) groups is 1. The molecule has 1 saturated heterocycles. The van der Waals surface area contributed by atoms with Crippen LogP contribution in [0, 0.1) is 20.8 Å². The molecule has 0 spiro atoms. The molecule has 1 aliphatic heterocycles. The highest BCUT2D eigenvalue weighted by Crippen LogP contribution is 2.26. The summed E-state index contributed by atoms with van der Waals surface area (Å²) in [4.78, 5) is 31.1. The number of aryl methyl sites for hydroxylation is 3. The van der Waals surface area contributed by atoms with Gasteiger partial charge in [-0.25, -0.2) is 9.97 Å². The van der Waals surface area contributed by atoms with Gasteiger partial charge in [-0.1, -0.05) is 15.9 Å². The third kappa shape index (κ3) is 4.17. The van der Waals surface area contributed by atoms with E-state index < -0.39 is 0 Å². The molecule has 0 unspecified atom stereocenters. The molecule has 0 N–H and O–H groups in total. The molecule has 0 atom stereocenters. The Labute approximate surface area is 185 Å². The minimum absolute atomic E-state index is 0.0516. The number of anilines is 1. The van der Waals surface area contributed by atoms with Crippen molar-refractivity contribution in [1.29, 1.82) is 0 Å². The van der Waals surface area contributed by atoms with Crippen LogP contribution in [0.3, 0.4) is 0 Å². The molecule has 0 aliphatic carbocycles. The van der Waals surface area contributed by atoms with Gasteiger partial charge in [0.15, 0.2) is 0 Å². The first-order valence-electron chi connectivity index (χ1n) is 10.2. The van der Waals surface area contributed by atoms with Crippen LogP contribution in [0.1, 0.15) is 40.4 Å². The number of aromatic nitrogens is 3. The molecule has 7 heteroatoms. The Morgan fingerprint density at radius 1 is 1.03 bits per heavy atom. The molecule has 4 rings (SSSR count). The van der Waals surface area contributed by atoms with E-state index in [1.165, 1.54) is 0 Å². The first kappa shape index (κ1) is 20.7. The zero-order valence-electron chi connectivity index (χ0n) is 17.8. The monoisotopic (exact) mass is 467 g/mol. The third-order valence-electron chi connectivity index (χ3n) is 5.74. The Morgan fingerprint density at radius 3 is 2.43 bits per heavy atom. The lowest BCUT2D eigenvalue weighted by atomic mass is 10.0. The summed E-state index contributed by atoms with van der Waals surface area (Å²) in [5.41, 5.74) is 3.40. The van der Waals surface area contributed by atoms with Crippen LogP contribution in [-0.2, 0) is 0 Å². The smallest absolute Gasteiger partial charge is 0.254 e. The Kier molecular flexibility index (Phi) is 5.73. The van der Waals surface area contributed by atoms with Crippen molar-refractivity contribution < 1.29 is 4.79 Å². The van der Waals surface area contributed by atoms with Gasteiger partial charge in [0.25, 0.3) is 5.91 Å². The molecule has 1 aliphatic rings. The minimum atomic E-state index is 0.0516. The van der Waals surface area contributed by atoms with Crippen molar-refractivity contribution >= 4 is 38.6 Å². The van der Waals surface area contributed by atoms with Crippen molar-refractivity contribution in [3.63, 3.8) is 0 Å². The molecule has 1 aromatic carbocycles. The molecule has 1 amide bonds. The Morgan fingerprint density at radius 2 is 1.73 bits per heavy atom. The molecule has 6 nitrogen and oxygen atoms in total. The first-order chi connectivity index (χ1) is 14.3. The average Bonchev–Trinajstić information content (AvgIpc) is 2.72. The Bertz CT molecular complexity index is 1090. The number of piperidine rings is 1. The number of benzene rings is 1. The predicted octanol–water partition coefficient (Wildman–Crippen LogP) is 4.45. The summed E-state index contributed by atoms with van der Waals surface area (Å²) in [6.07, 6.45) is 1.83. The molecule has 3 heterocycles. The predicted molar refractivity (Wildman–Crippen MR) is 123 cm³/mol. The van der Waals surface area contributed by atoms with Crippen LogP contribution in [0.4, 0.5) is 5.82 Å². The van der Waals surface area contributed by atoms with Gasteiger partial charge in [0.05, 0.1) is 11.1 Å². The van der Waals surface area contributed by atoms with E-state index in [4.69, 9.17) is 0 Å². The largest absolute Gasteiger partial charge is 0.356 e. The second-order valence-electron chi connectivity index (χ2n) is 8.02. The van der Waals surface area contributed by atoms with E-state index in [1.54, 1.807) is 0 Å². The van der Waals surface area contributed by atoms with Gasteiger partial charge in [-0.3, -0.25) is 9.78 Å². The van der Waals surface area contributed by atoms with Gasteiger partial charge in [-0.15, -0.1) is 0 Å². The van der Waals surface area contributed by atoms with Gasteiger partial charge in [0.1, 0.15) is 11.6 Å². The van der Waals surface area contributed by atoms with Gasteiger partial charge in [0, 0.05) is 53.5 Å². The minimum Gasteiger partial charge on any atom is -0.356 e. The van der Waals surface area contributed by atoms with E-state index in [-0.39, 0.29) is 11.9 Å². The zero-order chi connectivity index (χ0) is 21.4. The van der Waals surface area contributed by atoms with Crippen molar-refractivity contribution in [2.24, 2.45) is 0 Å². The molecular weight excluding hydrogens is 442 g/mol. The van der Waals surface area contributed by atoms with Crippen molar-refractivity contribution in [3.05, 3.63) is 57.6 Å². The number of halogens is 1. The van der Waals surface area contributed by atoms with Crippen LogP contribution in [0.5, 0.6) is 0 Å². The third-order valence-corrected chi connectivity index (χ3v) is 6.23. The highest BCUT2D eigenvalue weighted by atomic mass is 79.9. The summed E-state index contributed by atoms with van der Waals surface area (Å²) < 4.78 is 0.945. The maximum Gasteiger partial charge on any atom is 0.254 e. The number of carbonyl (C=O) groups excluding carboxylic acids is 1. The van der Waals surface area contributed by atoms with Gasteiger partial charge < -0.3 is 9.80 Å². The van der Waals surface area contributed by atoms with Gasteiger partial charge in [-0.2, -0.15) is 0 Å². The number of hydrogen-bond donors (Lipinski definition) is 0. The lowest BCUT2D eigenvalue weighted by Gasteiger charge is -2.37. The lowest BCUT2D eigenvalue weighted by molar-refractivity contribution is 0.0711. The number of amides is 1. The van der Waals surface area contributed by atoms with Crippen LogP contribution in [-0.4, -0.2) is 51.9 Å². The first-order valence-corrected chi connectivity index (χ1v) is 11.0. The highest BCUT2D eigenvalue weighted by molar-refractivity contribution is 9.10. The second-order valence-corrected chi connectivity index (χ2v) is 8.94. The molecular formula is C23H26BrN5O. The summed E-state index contributed by atoms with van der Waals surface area (Å²) in [6.45, 7) is 7.61. The number of nitrogens with zero attached hydrogens (tertiary/aromatic N) is 5. The molecule has 3 aromatic rings. The molecule has 0 bridgehead atoms. The quantitative estimate of drug-likeness (QED) is 0.568. The fourth-order valence-electron chi connectivity index (χ4n) is 4.20. The zero-order valence-corrected chi connectivity index (χ0v) is 19.4. The van der Waals surface area contributed by atoms with Crippen LogP contribution in [0.25, 0.3) is 10.9 Å². The molecule has 30 heavy (non-hydrogen) atoms. The van der Waals surface area contributed by atoms with E-state index in [0.717, 1.165) is 64.3 Å². The summed E-state index contributed by atoms with van der Waals surface area (Å²) in [5.74, 6) is 1.83. The summed E-state index contributed by atoms with van der Waals surface area (Å²) in [6, 6.07) is 10.0. The van der Waals surface area contributed by atoms with Crippen LogP contribution >= 0.6 is 15.9 Å². The molecule has 156 valence electrons. The van der Waals surface area contributed by atoms with Crippen LogP contribution < -0.4 is 4.90 Å². The summed E-state index contributed by atoms with van der Waals surface area (Å²) in [7, 11) is 1.92. The van der Waals surface area contributed by atoms with Crippen molar-refractivity contribution in [1.82, 2.24) is 19.9 Å². The molecule has 2 aromatic heterocycles. The number of rotatable bonds is 3. The normalized spacial score (nSPS) is 14.9. The van der Waals surface area contributed by atoms with E-state index in [9.17, 15) is 4.79 Å². The van der Waals surface area contributed by atoms with Crippen LogP contribution in [0.15, 0.2) is 34.8 Å². The van der Waals surface area contributed by atoms with Crippen molar-refractivity contribution in [2.75, 3.05) is 25.0 Å². The van der Waals surface area contributed by atoms with E-state index in [0.29, 0.717) is 5.56 Å². The molecule has 0 saturated carbocycles. The van der Waals surface area contributed by atoms with E-state index in [1.807, 2.05) is 63.1 Å². The van der Waals surface area contributed by atoms with Crippen molar-refractivity contribution in [3.8, 4) is 0 Å². The number of pyridine rings is 1. The summed E-state index contributed by atoms with van der Waals surface area (Å²) in [5, 5.41) is 0.885. The van der Waals surface area contributed by atoms with Gasteiger partial charge >= 0.3 is 0 Å². The fourth-order valence-corrected chi connectivity index (χ4v) is 4.57. The molecule has 0 radical (unpaired) electrons. The Balaban J connectivity index is 1.52. The topological polar surface area (TPSA) is 62.2 Å². The van der Waals surface area contributed by atoms with E-state index in [2.05, 4.69) is 35.8 Å². The SMILES string of the molecule is Cc1cc(N2CCC(N(C)C(=O)c3cc(C)nc4ccc(Br)cc34)CC2)nc(C)n1. The maximum atomic E-state index is 13.4. The average molecular weight is 468 g/mol. The van der Waals surface area contributed by atoms with Crippen LogP contribution in [0.2, 0.25) is 0 Å². The van der Waals surface area contributed by atoms with Crippen molar-refractivity contribution in [2.45, 2.75) is 39.7 Å². The number of fused-ring (bicyclic) bond motifs is 1. The highest BCUT2D eigenvalue weighted by Gasteiger charge is 2.28. The second kappa shape index (κ2) is 8.30. The Hall–Kier alpha value is -2.54. The fraction of sp³-hybridized carbons (Fsp3) is 0.391. The van der Waals surface area contributed by atoms with E-state index >= 15 is 0 Å². The maximum absolute atomic E-state index is 13.4. The van der Waals surface area contributed by atoms with Gasteiger partial charge in [-0.05, 0) is 57.9 Å². The summed E-state index contributed by atoms with van der Waals surface area (Å²) >= 11 is 3.52. The number of hydrogen-bond acceptors (Lipinski definition) is 5. The standard InChI is InChI=1S/C23H26BrN5O/c1-14-11-20(19-13-17(24)5-6-21(19)26-14)23(30)28(4)18-7-9-29(10-8-18)22-12-15(2)25-16(3)27-22/h5-6,11-13,18H,7-10H2,1-4H3.